The third kappa shape index (κ3) is 2.53. The molecule has 0 radical (unpaired) electrons. The maximum absolute atomic E-state index is 12.3. The van der Waals surface area contributed by atoms with Crippen LogP contribution in [0.2, 0.25) is 5.02 Å². The molecule has 0 aliphatic carbocycles. The van der Waals surface area contributed by atoms with Crippen LogP contribution in [0.1, 0.15) is 15.9 Å². The third-order valence-electron chi connectivity index (χ3n) is 3.04. The summed E-state index contributed by atoms with van der Waals surface area (Å²) in [6.45, 7) is 1.93. The molecule has 0 saturated heterocycles. The van der Waals surface area contributed by atoms with E-state index in [-0.39, 0.29) is 5.91 Å². The van der Waals surface area contributed by atoms with Gasteiger partial charge in [-0.25, -0.2) is 4.98 Å². The third-order valence-corrected chi connectivity index (χ3v) is 4.07. The number of benzene rings is 2. The standard InChI is InChI=1S/C15H11ClN2OS/c1-9-2-4-11(16)7-13(9)18-15(19)10-3-5-12-14(6-10)20-8-17-12/h2-8H,1H3,(H,18,19). The Labute approximate surface area is 125 Å². The minimum Gasteiger partial charge on any atom is -0.322 e. The van der Waals surface area contributed by atoms with Crippen molar-refractivity contribution in [3.8, 4) is 0 Å². The van der Waals surface area contributed by atoms with Gasteiger partial charge in [0.15, 0.2) is 0 Å². The number of halogens is 1. The summed E-state index contributed by atoms with van der Waals surface area (Å²) in [4.78, 5) is 16.5. The molecule has 5 heteroatoms. The lowest BCUT2D eigenvalue weighted by molar-refractivity contribution is 0.102. The van der Waals surface area contributed by atoms with E-state index >= 15 is 0 Å². The molecule has 0 aliphatic rings. The summed E-state index contributed by atoms with van der Waals surface area (Å²) in [5.41, 5.74) is 4.99. The smallest absolute Gasteiger partial charge is 0.255 e. The van der Waals surface area contributed by atoms with Gasteiger partial charge < -0.3 is 5.32 Å². The lowest BCUT2D eigenvalue weighted by Crippen LogP contribution is -2.12. The Morgan fingerprint density at radius 3 is 2.95 bits per heavy atom. The Hall–Kier alpha value is -1.91. The molecule has 0 unspecified atom stereocenters. The summed E-state index contributed by atoms with van der Waals surface area (Å²) in [5, 5.41) is 3.49. The number of nitrogens with one attached hydrogen (secondary N) is 1. The lowest BCUT2D eigenvalue weighted by Gasteiger charge is -2.08. The number of thiazole rings is 1. The van der Waals surface area contributed by atoms with Gasteiger partial charge in [0.05, 0.1) is 15.7 Å². The minimum absolute atomic E-state index is 0.148. The van der Waals surface area contributed by atoms with Gasteiger partial charge in [0.25, 0.3) is 5.91 Å². The Morgan fingerprint density at radius 1 is 1.25 bits per heavy atom. The van der Waals surface area contributed by atoms with E-state index in [2.05, 4.69) is 10.3 Å². The molecule has 3 aromatic rings. The van der Waals surface area contributed by atoms with Crippen LogP contribution < -0.4 is 5.32 Å². The topological polar surface area (TPSA) is 42.0 Å². The zero-order valence-corrected chi connectivity index (χ0v) is 12.3. The highest BCUT2D eigenvalue weighted by Gasteiger charge is 2.09. The summed E-state index contributed by atoms with van der Waals surface area (Å²) in [5.74, 6) is -0.148. The molecule has 1 heterocycles. The number of rotatable bonds is 2. The number of nitrogens with zero attached hydrogens (tertiary/aromatic N) is 1. The first kappa shape index (κ1) is 13.1. The van der Waals surface area contributed by atoms with E-state index in [0.717, 1.165) is 21.5 Å². The quantitative estimate of drug-likeness (QED) is 0.756. The number of carbonyl (C=O) groups excluding carboxylic acids is 1. The summed E-state index contributed by atoms with van der Waals surface area (Å²) < 4.78 is 1.00. The van der Waals surface area contributed by atoms with E-state index < -0.39 is 0 Å². The highest BCUT2D eigenvalue weighted by molar-refractivity contribution is 7.16. The summed E-state index contributed by atoms with van der Waals surface area (Å²) in [6.07, 6.45) is 0. The van der Waals surface area contributed by atoms with Crippen LogP contribution in [0.4, 0.5) is 5.69 Å². The van der Waals surface area contributed by atoms with Crippen LogP contribution in [0, 0.1) is 6.92 Å². The Morgan fingerprint density at radius 2 is 2.10 bits per heavy atom. The zero-order chi connectivity index (χ0) is 14.1. The lowest BCUT2D eigenvalue weighted by atomic mass is 10.1. The predicted octanol–water partition coefficient (Wildman–Crippen LogP) is 4.51. The largest absolute Gasteiger partial charge is 0.322 e. The van der Waals surface area contributed by atoms with Gasteiger partial charge in [0.1, 0.15) is 0 Å². The van der Waals surface area contributed by atoms with Crippen molar-refractivity contribution in [2.75, 3.05) is 5.32 Å². The number of anilines is 1. The van der Waals surface area contributed by atoms with Crippen LogP contribution in [0.3, 0.4) is 0 Å². The normalized spacial score (nSPS) is 10.7. The molecule has 3 nitrogen and oxygen atoms in total. The van der Waals surface area contributed by atoms with Crippen molar-refractivity contribution in [1.29, 1.82) is 0 Å². The second-order valence-corrected chi connectivity index (χ2v) is 5.77. The van der Waals surface area contributed by atoms with Gasteiger partial charge in [0.2, 0.25) is 0 Å². The highest BCUT2D eigenvalue weighted by Crippen LogP contribution is 2.23. The fourth-order valence-corrected chi connectivity index (χ4v) is 2.81. The first-order valence-corrected chi connectivity index (χ1v) is 7.30. The van der Waals surface area contributed by atoms with Crippen molar-refractivity contribution in [2.24, 2.45) is 0 Å². The average Bonchev–Trinajstić information content (AvgIpc) is 2.90. The molecule has 0 saturated carbocycles. The number of aryl methyl sites for hydroxylation is 1. The second kappa shape index (κ2) is 5.23. The Balaban J connectivity index is 1.90. The maximum Gasteiger partial charge on any atom is 0.255 e. The molecule has 0 spiro atoms. The number of aromatic nitrogens is 1. The van der Waals surface area contributed by atoms with E-state index in [4.69, 9.17) is 11.6 Å². The van der Waals surface area contributed by atoms with Crippen LogP contribution in [0.15, 0.2) is 41.9 Å². The minimum atomic E-state index is -0.148. The molecule has 20 heavy (non-hydrogen) atoms. The van der Waals surface area contributed by atoms with E-state index in [1.54, 1.807) is 23.7 Å². The van der Waals surface area contributed by atoms with Crippen molar-refractivity contribution in [3.05, 3.63) is 58.1 Å². The van der Waals surface area contributed by atoms with Crippen LogP contribution in [0.25, 0.3) is 10.2 Å². The zero-order valence-electron chi connectivity index (χ0n) is 10.7. The fraction of sp³-hybridized carbons (Fsp3) is 0.0667. The summed E-state index contributed by atoms with van der Waals surface area (Å²) >= 11 is 7.47. The predicted molar refractivity (Wildman–Crippen MR) is 83.8 cm³/mol. The van der Waals surface area contributed by atoms with Gasteiger partial charge >= 0.3 is 0 Å². The summed E-state index contributed by atoms with van der Waals surface area (Å²) in [7, 11) is 0. The van der Waals surface area contributed by atoms with Gasteiger partial charge in [-0.2, -0.15) is 0 Å². The molecular weight excluding hydrogens is 292 g/mol. The first-order chi connectivity index (χ1) is 9.63. The van der Waals surface area contributed by atoms with Crippen molar-refractivity contribution < 1.29 is 4.79 Å². The van der Waals surface area contributed by atoms with Crippen molar-refractivity contribution in [1.82, 2.24) is 4.98 Å². The van der Waals surface area contributed by atoms with E-state index in [1.165, 1.54) is 11.3 Å². The monoisotopic (exact) mass is 302 g/mol. The Bertz CT molecular complexity index is 797. The van der Waals surface area contributed by atoms with Crippen molar-refractivity contribution in [2.45, 2.75) is 6.92 Å². The first-order valence-electron chi connectivity index (χ1n) is 6.04. The molecule has 100 valence electrons. The average molecular weight is 303 g/mol. The van der Waals surface area contributed by atoms with Gasteiger partial charge in [0, 0.05) is 16.3 Å². The van der Waals surface area contributed by atoms with Crippen LogP contribution in [0.5, 0.6) is 0 Å². The molecule has 1 N–H and O–H groups in total. The summed E-state index contributed by atoms with van der Waals surface area (Å²) in [6, 6.07) is 10.9. The number of amides is 1. The number of hydrogen-bond donors (Lipinski definition) is 1. The van der Waals surface area contributed by atoms with Crippen molar-refractivity contribution in [3.63, 3.8) is 0 Å². The highest BCUT2D eigenvalue weighted by atomic mass is 35.5. The van der Waals surface area contributed by atoms with Gasteiger partial charge in [-0.1, -0.05) is 17.7 Å². The van der Waals surface area contributed by atoms with E-state index in [0.29, 0.717) is 10.6 Å². The molecule has 1 amide bonds. The molecule has 0 aliphatic heterocycles. The van der Waals surface area contributed by atoms with Gasteiger partial charge in [-0.3, -0.25) is 4.79 Å². The van der Waals surface area contributed by atoms with Crippen molar-refractivity contribution >= 4 is 44.7 Å². The SMILES string of the molecule is Cc1ccc(Cl)cc1NC(=O)c1ccc2ncsc2c1. The molecule has 1 aromatic heterocycles. The van der Waals surface area contributed by atoms with Crippen LogP contribution in [-0.4, -0.2) is 10.9 Å². The molecule has 0 fully saturated rings. The second-order valence-electron chi connectivity index (χ2n) is 4.45. The van der Waals surface area contributed by atoms with E-state index in [9.17, 15) is 4.79 Å². The molecule has 3 rings (SSSR count). The molecule has 2 aromatic carbocycles. The number of hydrogen-bond acceptors (Lipinski definition) is 3. The molecule has 0 atom stereocenters. The maximum atomic E-state index is 12.3. The Kier molecular flexibility index (Phi) is 3.42. The van der Waals surface area contributed by atoms with Gasteiger partial charge in [-0.05, 0) is 42.8 Å². The van der Waals surface area contributed by atoms with Crippen LogP contribution in [-0.2, 0) is 0 Å². The fourth-order valence-electron chi connectivity index (χ4n) is 1.92. The van der Waals surface area contributed by atoms with E-state index in [1.807, 2.05) is 25.1 Å². The number of fused-ring (bicyclic) bond motifs is 1. The molecule has 0 bridgehead atoms. The van der Waals surface area contributed by atoms with Crippen LogP contribution >= 0.6 is 22.9 Å². The number of carbonyl (C=O) groups is 1. The van der Waals surface area contributed by atoms with Gasteiger partial charge in [-0.15, -0.1) is 11.3 Å². The molecular formula is C15H11ClN2OS.